The monoisotopic (exact) mass is 314 g/mol. The van der Waals surface area contributed by atoms with Crippen LogP contribution >= 0.6 is 11.8 Å². The number of furan rings is 1. The molecule has 0 unspecified atom stereocenters. The maximum Gasteiger partial charge on any atom is 0.176 e. The molecule has 0 fully saturated rings. The number of hydrogen-bond acceptors (Lipinski definition) is 5. The van der Waals surface area contributed by atoms with Crippen LogP contribution < -0.4 is 4.74 Å². The Morgan fingerprint density at radius 2 is 2.18 bits per heavy atom. The molecule has 22 heavy (non-hydrogen) atoms. The minimum atomic E-state index is 0.470. The zero-order valence-electron chi connectivity index (χ0n) is 12.9. The number of hydrogen-bond donors (Lipinski definition) is 0. The minimum Gasteiger partial charge on any atom is -0.493 e. The third-order valence-corrected chi connectivity index (χ3v) is 5.50. The number of allylic oxidation sites excluding steroid dienone is 1. The van der Waals surface area contributed by atoms with Crippen LogP contribution in [0.4, 0.5) is 0 Å². The molecule has 2 aliphatic rings. The van der Waals surface area contributed by atoms with Crippen molar-refractivity contribution in [1.82, 2.24) is 4.90 Å². The van der Waals surface area contributed by atoms with Gasteiger partial charge in [-0.15, -0.1) is 0 Å². The topological polar surface area (TPSA) is 38.0 Å². The molecule has 114 valence electrons. The summed E-state index contributed by atoms with van der Waals surface area (Å²) in [5.74, 6) is 1.24. The maximum absolute atomic E-state index is 5.64. The molecule has 0 aliphatic carbocycles. The van der Waals surface area contributed by atoms with E-state index < -0.39 is 0 Å². The zero-order valence-corrected chi connectivity index (χ0v) is 13.7. The standard InChI is InChI=1S/C17H18N2O2S/c1-10(2)16-14(19-8-7-18-17(19)22-16)11-4-5-13(20-3)15-12(11)6-9-21-15/h4-6,9-10H,7-8H2,1-3H3. The van der Waals surface area contributed by atoms with Crippen molar-refractivity contribution in [2.75, 3.05) is 20.2 Å². The van der Waals surface area contributed by atoms with Crippen LogP contribution in [0.3, 0.4) is 0 Å². The summed E-state index contributed by atoms with van der Waals surface area (Å²) in [4.78, 5) is 8.35. The fourth-order valence-corrected chi connectivity index (χ4v) is 4.27. The Balaban J connectivity index is 1.95. The van der Waals surface area contributed by atoms with Crippen LogP contribution in [-0.2, 0) is 0 Å². The van der Waals surface area contributed by atoms with Crippen molar-refractivity contribution in [1.29, 1.82) is 0 Å². The second kappa shape index (κ2) is 5.09. The van der Waals surface area contributed by atoms with Crippen LogP contribution in [0.1, 0.15) is 19.4 Å². The molecule has 0 amide bonds. The van der Waals surface area contributed by atoms with E-state index in [2.05, 4.69) is 29.8 Å². The SMILES string of the molecule is COc1ccc(C2=C(C(C)C)SC3=NCCN32)c2ccoc12. The van der Waals surface area contributed by atoms with Crippen LogP contribution in [0, 0.1) is 5.92 Å². The Labute approximate surface area is 133 Å². The Kier molecular flexibility index (Phi) is 3.18. The molecule has 0 atom stereocenters. The number of fused-ring (bicyclic) bond motifs is 2. The Morgan fingerprint density at radius 3 is 2.95 bits per heavy atom. The summed E-state index contributed by atoms with van der Waals surface area (Å²) in [5, 5.41) is 2.23. The molecule has 2 aliphatic heterocycles. The molecule has 0 N–H and O–H groups in total. The van der Waals surface area contributed by atoms with Gasteiger partial charge in [-0.05, 0) is 24.1 Å². The van der Waals surface area contributed by atoms with Crippen molar-refractivity contribution in [2.45, 2.75) is 13.8 Å². The smallest absolute Gasteiger partial charge is 0.176 e. The molecule has 5 heteroatoms. The minimum absolute atomic E-state index is 0.470. The Morgan fingerprint density at radius 1 is 1.32 bits per heavy atom. The van der Waals surface area contributed by atoms with Crippen LogP contribution in [0.25, 0.3) is 16.7 Å². The molecule has 4 rings (SSSR count). The van der Waals surface area contributed by atoms with Crippen molar-refractivity contribution in [3.05, 3.63) is 34.9 Å². The lowest BCUT2D eigenvalue weighted by molar-refractivity contribution is 0.410. The third kappa shape index (κ3) is 1.88. The van der Waals surface area contributed by atoms with Gasteiger partial charge in [-0.25, -0.2) is 0 Å². The number of thioether (sulfide) groups is 1. The number of methoxy groups -OCH3 is 1. The average Bonchev–Trinajstić information content (AvgIpc) is 3.20. The zero-order chi connectivity index (χ0) is 15.3. The first-order valence-corrected chi connectivity index (χ1v) is 8.31. The van der Waals surface area contributed by atoms with E-state index in [0.29, 0.717) is 5.92 Å². The number of ether oxygens (including phenoxy) is 1. The van der Waals surface area contributed by atoms with Crippen molar-refractivity contribution in [2.24, 2.45) is 10.9 Å². The van der Waals surface area contributed by atoms with E-state index in [9.17, 15) is 0 Å². The predicted octanol–water partition coefficient (Wildman–Crippen LogP) is 4.18. The number of aliphatic imine (C=N–C) groups is 1. The third-order valence-electron chi connectivity index (χ3n) is 4.09. The van der Waals surface area contributed by atoms with Crippen LogP contribution in [-0.4, -0.2) is 30.3 Å². The Bertz CT molecular complexity index is 804. The van der Waals surface area contributed by atoms with E-state index in [0.717, 1.165) is 35.0 Å². The normalized spacial score (nSPS) is 17.6. The van der Waals surface area contributed by atoms with Gasteiger partial charge < -0.3 is 14.1 Å². The fourth-order valence-electron chi connectivity index (χ4n) is 3.07. The molecule has 0 saturated heterocycles. The van der Waals surface area contributed by atoms with Gasteiger partial charge in [-0.3, -0.25) is 4.99 Å². The van der Waals surface area contributed by atoms with Crippen molar-refractivity contribution >= 4 is 33.6 Å². The number of amidine groups is 1. The summed E-state index contributed by atoms with van der Waals surface area (Å²) < 4.78 is 11.1. The highest BCUT2D eigenvalue weighted by molar-refractivity contribution is 8.17. The van der Waals surface area contributed by atoms with E-state index >= 15 is 0 Å². The van der Waals surface area contributed by atoms with Crippen LogP contribution in [0.5, 0.6) is 5.75 Å². The lowest BCUT2D eigenvalue weighted by Gasteiger charge is -2.19. The van der Waals surface area contributed by atoms with Gasteiger partial charge in [0, 0.05) is 22.4 Å². The van der Waals surface area contributed by atoms with Gasteiger partial charge in [0.2, 0.25) is 0 Å². The highest BCUT2D eigenvalue weighted by Gasteiger charge is 2.35. The quantitative estimate of drug-likeness (QED) is 0.851. The van der Waals surface area contributed by atoms with Gasteiger partial charge in [0.1, 0.15) is 0 Å². The van der Waals surface area contributed by atoms with Gasteiger partial charge in [0.05, 0.1) is 25.6 Å². The first-order chi connectivity index (χ1) is 10.7. The molecule has 1 aromatic heterocycles. The second-order valence-electron chi connectivity index (χ2n) is 5.76. The second-order valence-corrected chi connectivity index (χ2v) is 6.77. The largest absolute Gasteiger partial charge is 0.493 e. The molecular weight excluding hydrogens is 296 g/mol. The molecular formula is C17H18N2O2S. The summed E-state index contributed by atoms with van der Waals surface area (Å²) in [6, 6.07) is 6.15. The number of nitrogens with zero attached hydrogens (tertiary/aromatic N) is 2. The van der Waals surface area contributed by atoms with Crippen LogP contribution in [0.15, 0.2) is 38.8 Å². The molecule has 0 radical (unpaired) electrons. The van der Waals surface area contributed by atoms with E-state index in [4.69, 9.17) is 9.15 Å². The number of benzene rings is 1. The molecule has 0 bridgehead atoms. The van der Waals surface area contributed by atoms with Gasteiger partial charge in [0.25, 0.3) is 0 Å². The highest BCUT2D eigenvalue weighted by atomic mass is 32.2. The van der Waals surface area contributed by atoms with E-state index in [1.54, 1.807) is 13.4 Å². The van der Waals surface area contributed by atoms with Gasteiger partial charge in [0.15, 0.2) is 16.5 Å². The van der Waals surface area contributed by atoms with Crippen LogP contribution in [0.2, 0.25) is 0 Å². The summed E-state index contributed by atoms with van der Waals surface area (Å²) in [6.45, 7) is 6.31. The molecule has 0 spiro atoms. The Hall–Kier alpha value is -1.88. The van der Waals surface area contributed by atoms with E-state index in [1.807, 2.05) is 23.9 Å². The molecule has 0 saturated carbocycles. The molecule has 4 nitrogen and oxygen atoms in total. The first-order valence-electron chi connectivity index (χ1n) is 7.49. The van der Waals surface area contributed by atoms with Crippen molar-refractivity contribution in [3.8, 4) is 5.75 Å². The summed E-state index contributed by atoms with van der Waals surface area (Å²) in [6.07, 6.45) is 1.73. The summed E-state index contributed by atoms with van der Waals surface area (Å²) in [5.41, 5.74) is 3.29. The highest BCUT2D eigenvalue weighted by Crippen LogP contribution is 2.47. The van der Waals surface area contributed by atoms with Gasteiger partial charge >= 0.3 is 0 Å². The lowest BCUT2D eigenvalue weighted by Crippen LogP contribution is -2.20. The molecule has 3 heterocycles. The molecule has 1 aromatic carbocycles. The van der Waals surface area contributed by atoms with Crippen molar-refractivity contribution in [3.63, 3.8) is 0 Å². The van der Waals surface area contributed by atoms with Gasteiger partial charge in [-0.1, -0.05) is 25.6 Å². The van der Waals surface area contributed by atoms with E-state index in [-0.39, 0.29) is 0 Å². The summed E-state index contributed by atoms with van der Waals surface area (Å²) in [7, 11) is 1.67. The molecule has 2 aromatic rings. The lowest BCUT2D eigenvalue weighted by atomic mass is 10.0. The van der Waals surface area contributed by atoms with Gasteiger partial charge in [-0.2, -0.15) is 0 Å². The maximum atomic E-state index is 5.64. The average molecular weight is 314 g/mol. The summed E-state index contributed by atoms with van der Waals surface area (Å²) >= 11 is 1.81. The predicted molar refractivity (Wildman–Crippen MR) is 91.1 cm³/mol. The fraction of sp³-hybridized carbons (Fsp3) is 0.353. The first kappa shape index (κ1) is 13.8. The van der Waals surface area contributed by atoms with E-state index in [1.165, 1.54) is 16.2 Å². The van der Waals surface area contributed by atoms with Crippen molar-refractivity contribution < 1.29 is 9.15 Å². The number of rotatable bonds is 3.